The summed E-state index contributed by atoms with van der Waals surface area (Å²) in [5.41, 5.74) is -0.882. The van der Waals surface area contributed by atoms with E-state index in [4.69, 9.17) is 0 Å². The lowest BCUT2D eigenvalue weighted by Gasteiger charge is -2.59. The summed E-state index contributed by atoms with van der Waals surface area (Å²) in [5, 5.41) is 15.7. The third kappa shape index (κ3) is 3.24. The van der Waals surface area contributed by atoms with E-state index in [0.717, 1.165) is 44.2 Å². The average Bonchev–Trinajstić information content (AvgIpc) is 3.33. The van der Waals surface area contributed by atoms with Crippen LogP contribution in [0.2, 0.25) is 0 Å². The number of halogens is 1. The Labute approximate surface area is 183 Å². The Morgan fingerprint density at radius 3 is 2.80 bits per heavy atom. The summed E-state index contributed by atoms with van der Waals surface area (Å²) in [4.78, 5) is 13.1. The summed E-state index contributed by atoms with van der Waals surface area (Å²) in [6.07, 6.45) is 9.30. The first-order chi connectivity index (χ1) is 14.2. The minimum absolute atomic E-state index is 0.00843. The zero-order valence-corrected chi connectivity index (χ0v) is 19.0. The number of ketones is 1. The van der Waals surface area contributed by atoms with Crippen molar-refractivity contribution in [2.75, 3.05) is 11.9 Å². The van der Waals surface area contributed by atoms with Crippen LogP contribution in [0, 0.1) is 35.0 Å². The summed E-state index contributed by atoms with van der Waals surface area (Å²) in [6.45, 7) is 4.56. The molecule has 30 heavy (non-hydrogen) atoms. The minimum atomic E-state index is -1.11. The van der Waals surface area contributed by atoms with Crippen molar-refractivity contribution in [2.45, 2.75) is 82.9 Å². The molecule has 0 amide bonds. The molecule has 0 bridgehead atoms. The number of aliphatic hydroxyl groups is 1. The number of carbonyl (C=O) groups is 1. The van der Waals surface area contributed by atoms with Gasteiger partial charge in [-0.15, -0.1) is 0 Å². The molecule has 0 saturated heterocycles. The van der Waals surface area contributed by atoms with E-state index in [1.165, 1.54) is 11.5 Å². The van der Waals surface area contributed by atoms with Gasteiger partial charge < -0.3 is 10.4 Å². The van der Waals surface area contributed by atoms with E-state index in [1.807, 2.05) is 12.3 Å². The van der Waals surface area contributed by atoms with Gasteiger partial charge in [-0.3, -0.25) is 4.79 Å². The van der Waals surface area contributed by atoms with Gasteiger partial charge in [-0.05, 0) is 105 Å². The smallest absolute Gasteiger partial charge is 0.155 e. The van der Waals surface area contributed by atoms with Crippen molar-refractivity contribution < 1.29 is 14.3 Å². The van der Waals surface area contributed by atoms with Crippen LogP contribution in [-0.4, -0.2) is 33.1 Å². The Morgan fingerprint density at radius 1 is 1.20 bits per heavy atom. The van der Waals surface area contributed by atoms with Crippen molar-refractivity contribution in [3.8, 4) is 0 Å². The molecule has 0 radical (unpaired) electrons. The molecule has 5 rings (SSSR count). The van der Waals surface area contributed by atoms with E-state index in [-0.39, 0.29) is 23.2 Å². The largest absolute Gasteiger partial charge is 0.390 e. The lowest BCUT2D eigenvalue weighted by molar-refractivity contribution is -0.165. The number of nitrogens with zero attached hydrogens (tertiary/aromatic N) is 1. The van der Waals surface area contributed by atoms with Gasteiger partial charge in [-0.25, -0.2) is 4.39 Å². The number of aromatic nitrogens is 1. The van der Waals surface area contributed by atoms with E-state index in [9.17, 15) is 9.90 Å². The van der Waals surface area contributed by atoms with Crippen LogP contribution in [0.25, 0.3) is 0 Å². The van der Waals surface area contributed by atoms with E-state index in [2.05, 4.69) is 16.6 Å². The van der Waals surface area contributed by atoms with Gasteiger partial charge in [-0.2, -0.15) is 4.37 Å². The monoisotopic (exact) mass is 434 g/mol. The van der Waals surface area contributed by atoms with Crippen LogP contribution < -0.4 is 5.32 Å². The maximum absolute atomic E-state index is 16.4. The predicted octanol–water partition coefficient (Wildman–Crippen LogP) is 5.24. The maximum atomic E-state index is 16.4. The van der Waals surface area contributed by atoms with Crippen LogP contribution >= 0.6 is 11.5 Å². The Hall–Kier alpha value is -1.01. The van der Waals surface area contributed by atoms with E-state index >= 15 is 4.39 Å². The molecule has 0 aromatic carbocycles. The van der Waals surface area contributed by atoms with Crippen LogP contribution in [0.4, 0.5) is 10.1 Å². The molecule has 0 aliphatic heterocycles. The number of hydrogen-bond acceptors (Lipinski definition) is 5. The van der Waals surface area contributed by atoms with Gasteiger partial charge in [0.25, 0.3) is 0 Å². The topological polar surface area (TPSA) is 62.2 Å². The molecule has 2 N–H and O–H groups in total. The van der Waals surface area contributed by atoms with Crippen molar-refractivity contribution >= 4 is 23.0 Å². The van der Waals surface area contributed by atoms with Crippen LogP contribution in [0.1, 0.15) is 71.6 Å². The molecule has 0 spiro atoms. The Bertz CT molecular complexity index is 799. The molecular weight excluding hydrogens is 399 g/mol. The first-order valence-corrected chi connectivity index (χ1v) is 12.6. The highest BCUT2D eigenvalue weighted by atomic mass is 32.1. The van der Waals surface area contributed by atoms with E-state index < -0.39 is 11.3 Å². The lowest BCUT2D eigenvalue weighted by atomic mass is 9.48. The highest BCUT2D eigenvalue weighted by Gasteiger charge is 2.63. The highest BCUT2D eigenvalue weighted by Crippen LogP contribution is 2.66. The molecule has 4 fully saturated rings. The summed E-state index contributed by atoms with van der Waals surface area (Å²) >= 11 is 1.39. The predicted molar refractivity (Wildman–Crippen MR) is 117 cm³/mol. The zero-order valence-electron chi connectivity index (χ0n) is 18.2. The Balaban J connectivity index is 1.31. The molecule has 0 unspecified atom stereocenters. The Kier molecular flexibility index (Phi) is 5.05. The molecule has 4 nitrogen and oxygen atoms in total. The summed E-state index contributed by atoms with van der Waals surface area (Å²) in [5.74, 6) is 1.39. The van der Waals surface area contributed by atoms with Gasteiger partial charge in [-0.1, -0.05) is 6.92 Å². The summed E-state index contributed by atoms with van der Waals surface area (Å²) in [7, 11) is 0. The van der Waals surface area contributed by atoms with Crippen LogP contribution in [0.3, 0.4) is 0 Å². The van der Waals surface area contributed by atoms with E-state index in [1.54, 1.807) is 6.20 Å². The molecule has 1 aromatic rings. The van der Waals surface area contributed by atoms with Crippen molar-refractivity contribution in [3.63, 3.8) is 0 Å². The molecule has 1 heterocycles. The number of fused-ring (bicyclic) bond motifs is 5. The quantitative estimate of drug-likeness (QED) is 0.681. The molecule has 4 aliphatic rings. The van der Waals surface area contributed by atoms with Gasteiger partial charge in [0.15, 0.2) is 5.78 Å². The number of Topliss-reactive ketones (excluding diaryl/α,β-unsaturated/α-hetero) is 1. The number of alkyl halides is 1. The molecule has 166 valence electrons. The molecule has 6 heteroatoms. The molecule has 4 aliphatic carbocycles. The number of carbonyl (C=O) groups excluding carboxylic acids is 1. The average molecular weight is 435 g/mol. The number of hydrogen-bond donors (Lipinski definition) is 2. The van der Waals surface area contributed by atoms with Crippen LogP contribution in [0.5, 0.6) is 0 Å². The molecule has 1 aromatic heterocycles. The Morgan fingerprint density at radius 2 is 2.03 bits per heavy atom. The molecule has 4 saturated carbocycles. The highest BCUT2D eigenvalue weighted by molar-refractivity contribution is 7.04. The summed E-state index contributed by atoms with van der Waals surface area (Å²) < 4.78 is 20.5. The second kappa shape index (κ2) is 7.26. The fraction of sp³-hybridized carbons (Fsp3) is 0.833. The van der Waals surface area contributed by atoms with Gasteiger partial charge in [0, 0.05) is 11.3 Å². The lowest BCUT2D eigenvalue weighted by Crippen LogP contribution is -2.58. The fourth-order valence-corrected chi connectivity index (χ4v) is 8.60. The van der Waals surface area contributed by atoms with Gasteiger partial charge >= 0.3 is 0 Å². The summed E-state index contributed by atoms with van der Waals surface area (Å²) in [6, 6.07) is 0. The van der Waals surface area contributed by atoms with Crippen molar-refractivity contribution in [3.05, 3.63) is 11.6 Å². The number of rotatable bonds is 4. The molecular formula is C24H35FN2O2S. The maximum Gasteiger partial charge on any atom is 0.155 e. The molecule has 8 atom stereocenters. The zero-order chi connectivity index (χ0) is 21.1. The third-order valence-electron chi connectivity index (χ3n) is 9.60. The van der Waals surface area contributed by atoms with Crippen LogP contribution in [-0.2, 0) is 4.79 Å². The normalized spacial score (nSPS) is 47.8. The van der Waals surface area contributed by atoms with Crippen LogP contribution in [0.15, 0.2) is 11.6 Å². The van der Waals surface area contributed by atoms with Gasteiger partial charge in [0.1, 0.15) is 5.67 Å². The second-order valence-electron chi connectivity index (χ2n) is 11.2. The third-order valence-corrected chi connectivity index (χ3v) is 10.2. The van der Waals surface area contributed by atoms with Crippen molar-refractivity contribution in [1.82, 2.24) is 4.37 Å². The first-order valence-electron chi connectivity index (χ1n) is 11.8. The number of anilines is 1. The van der Waals surface area contributed by atoms with Gasteiger partial charge in [0.05, 0.1) is 24.0 Å². The van der Waals surface area contributed by atoms with Gasteiger partial charge in [0.2, 0.25) is 0 Å². The van der Waals surface area contributed by atoms with Crippen molar-refractivity contribution in [2.24, 2.45) is 35.0 Å². The van der Waals surface area contributed by atoms with Crippen molar-refractivity contribution in [1.29, 1.82) is 0 Å². The first kappa shape index (κ1) is 20.9. The number of nitrogens with one attached hydrogen (secondary N) is 1. The standard InChI is InChI=1S/C24H35FN2O2S/c1-22(29)9-10-24(25)15(11-22)3-4-17-18-5-6-20(23(18,2)8-7-19(17)24)21(28)13-26-16-12-27-30-14-16/h12,14-15,17-20,26,29H,3-11,13H2,1-2H3/t15-,17+,18+,19+,20-,22-,23+,24-/m1/s1. The SMILES string of the molecule is C[C@@]1(O)CC[C@@]2(F)[C@H](CC[C@H]3[C@@H]4CC[C@H](C(=O)CNc5cnsc5)[C@@]4(C)CC[C@@H]32)C1. The van der Waals surface area contributed by atoms with E-state index in [0.29, 0.717) is 43.4 Å². The second-order valence-corrected chi connectivity index (χ2v) is 11.8. The fourth-order valence-electron chi connectivity index (χ4n) is 8.11. The minimum Gasteiger partial charge on any atom is -0.390 e.